The molecule has 1 atom stereocenters. The highest BCUT2D eigenvalue weighted by molar-refractivity contribution is 5.91. The highest BCUT2D eigenvalue weighted by Crippen LogP contribution is 2.33. The average Bonchev–Trinajstić information content (AvgIpc) is 3.63. The van der Waals surface area contributed by atoms with Gasteiger partial charge in [0.2, 0.25) is 0 Å². The molecule has 10 nitrogen and oxygen atoms in total. The molecule has 1 unspecified atom stereocenters. The maximum atomic E-state index is 13.5. The van der Waals surface area contributed by atoms with Crippen LogP contribution in [0.15, 0.2) is 51.9 Å². The lowest BCUT2D eigenvalue weighted by Gasteiger charge is -2.38. The molecule has 10 heteroatoms. The molecular formula is C27H31N7O3. The number of pyridine rings is 1. The Morgan fingerprint density at radius 3 is 2.65 bits per heavy atom. The first kappa shape index (κ1) is 23.6. The Morgan fingerprint density at radius 2 is 1.89 bits per heavy atom. The smallest absolute Gasteiger partial charge is 0.289 e. The number of carbonyl (C=O) groups is 1. The first-order valence-electron chi connectivity index (χ1n) is 13.1. The number of aromatic nitrogens is 5. The van der Waals surface area contributed by atoms with Gasteiger partial charge in [0.15, 0.2) is 11.6 Å². The number of aromatic amines is 1. The van der Waals surface area contributed by atoms with Gasteiger partial charge in [-0.25, -0.2) is 4.68 Å². The van der Waals surface area contributed by atoms with Gasteiger partial charge in [0.1, 0.15) is 6.04 Å². The lowest BCUT2D eigenvalue weighted by atomic mass is 9.95. The third-order valence-corrected chi connectivity index (χ3v) is 7.71. The van der Waals surface area contributed by atoms with Crippen molar-refractivity contribution >= 4 is 16.8 Å². The SMILES string of the molecule is Cc1ccc2[nH]c(=O)c(C(c3nnnn3C3CCCCC3)N3CCN(C(=O)c4ccco4)CC3)cc2c1. The maximum Gasteiger partial charge on any atom is 0.289 e. The van der Waals surface area contributed by atoms with E-state index in [4.69, 9.17) is 4.42 Å². The number of piperazine rings is 1. The lowest BCUT2D eigenvalue weighted by Crippen LogP contribution is -2.51. The summed E-state index contributed by atoms with van der Waals surface area (Å²) in [4.78, 5) is 33.4. The standard InChI is InChI=1S/C27H31N7O3/c1-18-9-10-22-19(16-18)17-21(26(35)28-22)24(25-29-30-31-34(25)20-6-3-2-4-7-20)32-11-13-33(14-12-32)27(36)23-8-5-15-37-23/h5,8-10,15-17,20,24H,2-4,6-7,11-14H2,1H3,(H,28,35). The van der Waals surface area contributed by atoms with Crippen molar-refractivity contribution in [3.8, 4) is 0 Å². The summed E-state index contributed by atoms with van der Waals surface area (Å²) in [6.45, 7) is 4.25. The number of nitrogens with zero attached hydrogens (tertiary/aromatic N) is 6. The van der Waals surface area contributed by atoms with Crippen LogP contribution in [0.4, 0.5) is 0 Å². The van der Waals surface area contributed by atoms with E-state index in [-0.39, 0.29) is 17.5 Å². The summed E-state index contributed by atoms with van der Waals surface area (Å²) in [5.74, 6) is 0.912. The number of tetrazole rings is 1. The number of H-pyrrole nitrogens is 1. The lowest BCUT2D eigenvalue weighted by molar-refractivity contribution is 0.0556. The Bertz CT molecular complexity index is 1440. The Labute approximate surface area is 214 Å². The van der Waals surface area contributed by atoms with Crippen molar-refractivity contribution in [1.82, 2.24) is 35.0 Å². The number of amides is 1. The normalized spacial score (nSPS) is 18.4. The molecule has 0 spiro atoms. The molecule has 37 heavy (non-hydrogen) atoms. The van der Waals surface area contributed by atoms with Crippen molar-refractivity contribution in [1.29, 1.82) is 0 Å². The molecule has 1 saturated heterocycles. The Balaban J connectivity index is 1.37. The summed E-state index contributed by atoms with van der Waals surface area (Å²) in [7, 11) is 0. The molecule has 1 aliphatic heterocycles. The van der Waals surface area contributed by atoms with E-state index in [0.717, 1.165) is 42.1 Å². The molecular weight excluding hydrogens is 470 g/mol. The largest absolute Gasteiger partial charge is 0.459 e. The number of fused-ring (bicyclic) bond motifs is 1. The van der Waals surface area contributed by atoms with Crippen LogP contribution in [0.2, 0.25) is 0 Å². The highest BCUT2D eigenvalue weighted by Gasteiger charge is 2.35. The third kappa shape index (κ3) is 4.57. The van der Waals surface area contributed by atoms with E-state index < -0.39 is 6.04 Å². The van der Waals surface area contributed by atoms with Crippen molar-refractivity contribution in [3.63, 3.8) is 0 Å². The van der Waals surface area contributed by atoms with Crippen LogP contribution in [-0.4, -0.2) is 67.1 Å². The molecule has 2 fully saturated rings. The fraction of sp³-hybridized carbons (Fsp3) is 0.444. The topological polar surface area (TPSA) is 113 Å². The van der Waals surface area contributed by atoms with Gasteiger partial charge in [-0.15, -0.1) is 5.10 Å². The number of aryl methyl sites for hydroxylation is 1. The molecule has 1 N–H and O–H groups in total. The summed E-state index contributed by atoms with van der Waals surface area (Å²) < 4.78 is 7.27. The molecule has 1 amide bonds. The van der Waals surface area contributed by atoms with Gasteiger partial charge in [-0.3, -0.25) is 14.5 Å². The zero-order chi connectivity index (χ0) is 25.4. The van der Waals surface area contributed by atoms with Crippen molar-refractivity contribution in [3.05, 3.63) is 75.7 Å². The van der Waals surface area contributed by atoms with Gasteiger partial charge < -0.3 is 14.3 Å². The van der Waals surface area contributed by atoms with E-state index in [1.807, 2.05) is 29.8 Å². The molecule has 6 rings (SSSR count). The summed E-state index contributed by atoms with van der Waals surface area (Å²) >= 11 is 0. The molecule has 1 saturated carbocycles. The van der Waals surface area contributed by atoms with Gasteiger partial charge in [-0.05, 0) is 65.9 Å². The quantitative estimate of drug-likeness (QED) is 0.445. The van der Waals surface area contributed by atoms with Crippen LogP contribution >= 0.6 is 0 Å². The molecule has 0 bridgehead atoms. The first-order valence-corrected chi connectivity index (χ1v) is 13.1. The average molecular weight is 502 g/mol. The molecule has 3 aromatic heterocycles. The van der Waals surface area contributed by atoms with Crippen LogP contribution in [0, 0.1) is 6.92 Å². The molecule has 1 aliphatic carbocycles. The summed E-state index contributed by atoms with van der Waals surface area (Å²) in [6, 6.07) is 11.2. The second-order valence-corrected chi connectivity index (χ2v) is 10.1. The van der Waals surface area contributed by atoms with Crippen LogP contribution in [0.1, 0.15) is 71.7 Å². The number of furan rings is 1. The first-order chi connectivity index (χ1) is 18.1. The van der Waals surface area contributed by atoms with Crippen LogP contribution in [0.5, 0.6) is 0 Å². The second-order valence-electron chi connectivity index (χ2n) is 10.1. The fourth-order valence-corrected chi connectivity index (χ4v) is 5.75. The Kier molecular flexibility index (Phi) is 6.33. The summed E-state index contributed by atoms with van der Waals surface area (Å²) in [5, 5.41) is 13.9. The van der Waals surface area contributed by atoms with Gasteiger partial charge >= 0.3 is 0 Å². The van der Waals surface area contributed by atoms with Gasteiger partial charge in [-0.2, -0.15) is 0 Å². The van der Waals surface area contributed by atoms with Crippen molar-refractivity contribution in [2.45, 2.75) is 51.1 Å². The van der Waals surface area contributed by atoms with Gasteiger partial charge in [0.25, 0.3) is 11.5 Å². The van der Waals surface area contributed by atoms with Gasteiger partial charge in [0.05, 0.1) is 12.3 Å². The molecule has 4 heterocycles. The molecule has 192 valence electrons. The zero-order valence-electron chi connectivity index (χ0n) is 21.0. The second kappa shape index (κ2) is 9.93. The van der Waals surface area contributed by atoms with Crippen molar-refractivity contribution in [2.24, 2.45) is 0 Å². The minimum Gasteiger partial charge on any atom is -0.459 e. The maximum absolute atomic E-state index is 13.5. The Hall–Kier alpha value is -3.79. The van der Waals surface area contributed by atoms with Gasteiger partial charge in [0, 0.05) is 37.3 Å². The number of hydrogen-bond donors (Lipinski definition) is 1. The number of hydrogen-bond acceptors (Lipinski definition) is 7. The minimum absolute atomic E-state index is 0.118. The molecule has 4 aromatic rings. The molecule has 1 aromatic carbocycles. The number of carbonyl (C=O) groups excluding carboxylic acids is 1. The van der Waals surface area contributed by atoms with Gasteiger partial charge in [-0.1, -0.05) is 30.9 Å². The van der Waals surface area contributed by atoms with E-state index in [9.17, 15) is 9.59 Å². The predicted molar refractivity (Wildman–Crippen MR) is 137 cm³/mol. The van der Waals surface area contributed by atoms with E-state index >= 15 is 0 Å². The van der Waals surface area contributed by atoms with Crippen LogP contribution in [0.25, 0.3) is 10.9 Å². The minimum atomic E-state index is -0.425. The van der Waals surface area contributed by atoms with E-state index in [2.05, 4.69) is 31.5 Å². The molecule has 0 radical (unpaired) electrons. The zero-order valence-corrected chi connectivity index (χ0v) is 21.0. The number of benzene rings is 1. The van der Waals surface area contributed by atoms with Crippen molar-refractivity contribution in [2.75, 3.05) is 26.2 Å². The number of nitrogens with one attached hydrogen (secondary N) is 1. The van der Waals surface area contributed by atoms with E-state index in [1.54, 1.807) is 17.0 Å². The third-order valence-electron chi connectivity index (χ3n) is 7.71. The predicted octanol–water partition coefficient (Wildman–Crippen LogP) is 3.47. The van der Waals surface area contributed by atoms with Crippen molar-refractivity contribution < 1.29 is 9.21 Å². The highest BCUT2D eigenvalue weighted by atomic mass is 16.3. The van der Waals surface area contributed by atoms with Crippen LogP contribution in [-0.2, 0) is 0 Å². The summed E-state index contributed by atoms with van der Waals surface area (Å²) in [6.07, 6.45) is 7.11. The molecule has 2 aliphatic rings. The summed E-state index contributed by atoms with van der Waals surface area (Å²) in [5.41, 5.74) is 2.40. The van der Waals surface area contributed by atoms with E-state index in [0.29, 0.717) is 43.3 Å². The monoisotopic (exact) mass is 501 g/mol. The Morgan fingerprint density at radius 1 is 1.08 bits per heavy atom. The fourth-order valence-electron chi connectivity index (χ4n) is 5.75. The van der Waals surface area contributed by atoms with E-state index in [1.165, 1.54) is 12.7 Å². The van der Waals surface area contributed by atoms with Crippen LogP contribution < -0.4 is 5.56 Å². The van der Waals surface area contributed by atoms with Crippen LogP contribution in [0.3, 0.4) is 0 Å². The number of rotatable bonds is 5.